The van der Waals surface area contributed by atoms with Crippen molar-refractivity contribution < 1.29 is 22.8 Å². The molecule has 0 fully saturated rings. The third-order valence-electron chi connectivity index (χ3n) is 4.02. The summed E-state index contributed by atoms with van der Waals surface area (Å²) in [5.41, 5.74) is 0.690. The summed E-state index contributed by atoms with van der Waals surface area (Å²) in [5.74, 6) is -1.14. The molecule has 0 unspecified atom stereocenters. The molecule has 6 nitrogen and oxygen atoms in total. The highest BCUT2D eigenvalue weighted by atomic mass is 19.4. The molecule has 3 aromatic rings. The Labute approximate surface area is 163 Å². The van der Waals surface area contributed by atoms with Gasteiger partial charge in [0.15, 0.2) is 0 Å². The number of nitrogens with one attached hydrogen (secondary N) is 2. The number of benzene rings is 2. The second kappa shape index (κ2) is 8.09. The van der Waals surface area contributed by atoms with Crippen LogP contribution in [-0.2, 0) is 6.18 Å². The predicted octanol–water partition coefficient (Wildman–Crippen LogP) is 4.31. The van der Waals surface area contributed by atoms with Crippen LogP contribution in [0.5, 0.6) is 0 Å². The van der Waals surface area contributed by atoms with Crippen LogP contribution < -0.4 is 10.6 Å². The van der Waals surface area contributed by atoms with Crippen LogP contribution in [0.3, 0.4) is 0 Å². The van der Waals surface area contributed by atoms with Crippen LogP contribution in [0.4, 0.5) is 24.5 Å². The molecule has 0 radical (unpaired) electrons. The third kappa shape index (κ3) is 4.95. The lowest BCUT2D eigenvalue weighted by Gasteiger charge is -2.12. The zero-order chi connectivity index (χ0) is 21.0. The van der Waals surface area contributed by atoms with E-state index in [1.807, 2.05) is 0 Å². The number of rotatable bonds is 4. The highest BCUT2D eigenvalue weighted by Crippen LogP contribution is 2.30. The number of nitrogens with zero attached hydrogens (tertiary/aromatic N) is 2. The van der Waals surface area contributed by atoms with Gasteiger partial charge in [0.2, 0.25) is 0 Å². The van der Waals surface area contributed by atoms with Crippen LogP contribution in [-0.4, -0.2) is 21.8 Å². The molecule has 9 heteroatoms. The van der Waals surface area contributed by atoms with Gasteiger partial charge in [0.05, 0.1) is 11.1 Å². The molecule has 0 atom stereocenters. The molecule has 29 heavy (non-hydrogen) atoms. The van der Waals surface area contributed by atoms with Gasteiger partial charge in [-0.1, -0.05) is 12.1 Å². The van der Waals surface area contributed by atoms with Crippen LogP contribution in [0.1, 0.15) is 31.8 Å². The van der Waals surface area contributed by atoms with E-state index in [0.29, 0.717) is 11.4 Å². The SMILES string of the molecule is Cc1ccc(NC(=O)c2cccc(C(F)(F)F)c2)cc1NC(=O)c1cncnc1. The lowest BCUT2D eigenvalue weighted by molar-refractivity contribution is -0.137. The molecule has 1 heterocycles. The van der Waals surface area contributed by atoms with E-state index >= 15 is 0 Å². The lowest BCUT2D eigenvalue weighted by Crippen LogP contribution is -2.15. The van der Waals surface area contributed by atoms with Gasteiger partial charge in [-0.2, -0.15) is 13.2 Å². The number of halogens is 3. The van der Waals surface area contributed by atoms with Crippen molar-refractivity contribution >= 4 is 23.2 Å². The van der Waals surface area contributed by atoms with E-state index < -0.39 is 23.6 Å². The van der Waals surface area contributed by atoms with Crippen LogP contribution in [0.25, 0.3) is 0 Å². The maximum Gasteiger partial charge on any atom is 0.416 e. The summed E-state index contributed by atoms with van der Waals surface area (Å²) in [6.45, 7) is 1.76. The number of amides is 2. The Balaban J connectivity index is 1.78. The van der Waals surface area contributed by atoms with E-state index in [1.165, 1.54) is 36.9 Å². The molecule has 2 N–H and O–H groups in total. The Kier molecular flexibility index (Phi) is 5.58. The van der Waals surface area contributed by atoms with Gasteiger partial charge >= 0.3 is 6.18 Å². The minimum atomic E-state index is -4.54. The van der Waals surface area contributed by atoms with Crippen molar-refractivity contribution in [2.45, 2.75) is 13.1 Å². The summed E-state index contributed by atoms with van der Waals surface area (Å²) in [4.78, 5) is 32.2. The first-order valence-electron chi connectivity index (χ1n) is 8.39. The Hall–Kier alpha value is -3.75. The zero-order valence-corrected chi connectivity index (χ0v) is 15.1. The maximum atomic E-state index is 12.8. The van der Waals surface area contributed by atoms with Crippen molar-refractivity contribution in [2.24, 2.45) is 0 Å². The summed E-state index contributed by atoms with van der Waals surface area (Å²) in [5, 5.41) is 5.23. The molecule has 1 aromatic heterocycles. The number of anilines is 2. The van der Waals surface area contributed by atoms with Crippen molar-refractivity contribution in [1.29, 1.82) is 0 Å². The van der Waals surface area contributed by atoms with Gasteiger partial charge in [-0.25, -0.2) is 9.97 Å². The normalized spacial score (nSPS) is 11.0. The number of alkyl halides is 3. The Morgan fingerprint density at radius 1 is 0.897 bits per heavy atom. The first-order chi connectivity index (χ1) is 13.7. The number of hydrogen-bond donors (Lipinski definition) is 2. The number of aryl methyl sites for hydroxylation is 1. The summed E-state index contributed by atoms with van der Waals surface area (Å²) in [7, 11) is 0. The Morgan fingerprint density at radius 3 is 2.28 bits per heavy atom. The molecular formula is C20H15F3N4O2. The fourth-order valence-corrected chi connectivity index (χ4v) is 2.49. The number of hydrogen-bond acceptors (Lipinski definition) is 4. The molecule has 3 rings (SSSR count). The molecule has 0 spiro atoms. The van der Waals surface area contributed by atoms with Crippen molar-refractivity contribution in [3.8, 4) is 0 Å². The first-order valence-corrected chi connectivity index (χ1v) is 8.39. The Morgan fingerprint density at radius 2 is 1.59 bits per heavy atom. The average Bonchev–Trinajstić information content (AvgIpc) is 2.70. The van der Waals surface area contributed by atoms with Crippen molar-refractivity contribution in [3.05, 3.63) is 83.4 Å². The quantitative estimate of drug-likeness (QED) is 0.684. The average molecular weight is 400 g/mol. The summed E-state index contributed by atoms with van der Waals surface area (Å²) in [6.07, 6.45) is -0.529. The van der Waals surface area contributed by atoms with Gasteiger partial charge < -0.3 is 10.6 Å². The summed E-state index contributed by atoms with van der Waals surface area (Å²) >= 11 is 0. The monoisotopic (exact) mass is 400 g/mol. The molecule has 2 aromatic carbocycles. The number of carbonyl (C=O) groups excluding carboxylic acids is 2. The molecule has 0 aliphatic heterocycles. The van der Waals surface area contributed by atoms with Gasteiger partial charge in [0, 0.05) is 29.3 Å². The second-order valence-electron chi connectivity index (χ2n) is 6.14. The largest absolute Gasteiger partial charge is 0.416 e. The molecular weight excluding hydrogens is 385 g/mol. The van der Waals surface area contributed by atoms with E-state index in [-0.39, 0.29) is 11.1 Å². The van der Waals surface area contributed by atoms with Crippen LogP contribution in [0.15, 0.2) is 61.2 Å². The third-order valence-corrected chi connectivity index (χ3v) is 4.02. The van der Waals surface area contributed by atoms with Crippen LogP contribution >= 0.6 is 0 Å². The molecule has 148 valence electrons. The lowest BCUT2D eigenvalue weighted by atomic mass is 10.1. The van der Waals surface area contributed by atoms with E-state index in [4.69, 9.17) is 0 Å². The van der Waals surface area contributed by atoms with Crippen LogP contribution in [0, 0.1) is 6.92 Å². The minimum absolute atomic E-state index is 0.132. The first kappa shape index (κ1) is 20.0. The Bertz CT molecular complexity index is 1050. The summed E-state index contributed by atoms with van der Waals surface area (Å²) in [6, 6.07) is 8.89. The van der Waals surface area contributed by atoms with Gasteiger partial charge in [-0.15, -0.1) is 0 Å². The van der Waals surface area contributed by atoms with Crippen molar-refractivity contribution in [3.63, 3.8) is 0 Å². The highest BCUT2D eigenvalue weighted by molar-refractivity contribution is 6.06. The van der Waals surface area contributed by atoms with Gasteiger partial charge in [0.25, 0.3) is 11.8 Å². The van der Waals surface area contributed by atoms with E-state index in [1.54, 1.807) is 19.1 Å². The maximum absolute atomic E-state index is 12.8. The van der Waals surface area contributed by atoms with Gasteiger partial charge in [-0.05, 0) is 42.8 Å². The standard InChI is InChI=1S/C20H15F3N4O2/c1-12-5-6-16(8-17(12)27-19(29)14-9-24-11-25-10-14)26-18(28)13-3-2-4-15(7-13)20(21,22)23/h2-11H,1H3,(H,26,28)(H,27,29). The van der Waals surface area contributed by atoms with E-state index in [0.717, 1.165) is 17.7 Å². The fourth-order valence-electron chi connectivity index (χ4n) is 2.49. The predicted molar refractivity (Wildman–Crippen MR) is 101 cm³/mol. The van der Waals surface area contributed by atoms with Gasteiger partial charge in [-0.3, -0.25) is 9.59 Å². The highest BCUT2D eigenvalue weighted by Gasteiger charge is 2.30. The molecule has 0 saturated heterocycles. The molecule has 0 bridgehead atoms. The number of aromatic nitrogens is 2. The van der Waals surface area contributed by atoms with E-state index in [2.05, 4.69) is 20.6 Å². The molecule has 0 saturated carbocycles. The van der Waals surface area contributed by atoms with E-state index in [9.17, 15) is 22.8 Å². The molecule has 0 aliphatic rings. The number of carbonyl (C=O) groups is 2. The minimum Gasteiger partial charge on any atom is -0.322 e. The molecule has 2 amide bonds. The fraction of sp³-hybridized carbons (Fsp3) is 0.100. The van der Waals surface area contributed by atoms with Gasteiger partial charge in [0.1, 0.15) is 6.33 Å². The van der Waals surface area contributed by atoms with Crippen molar-refractivity contribution in [1.82, 2.24) is 9.97 Å². The molecule has 0 aliphatic carbocycles. The van der Waals surface area contributed by atoms with Crippen molar-refractivity contribution in [2.75, 3.05) is 10.6 Å². The summed E-state index contributed by atoms with van der Waals surface area (Å²) < 4.78 is 38.5. The van der Waals surface area contributed by atoms with Crippen LogP contribution in [0.2, 0.25) is 0 Å². The topological polar surface area (TPSA) is 84.0 Å². The zero-order valence-electron chi connectivity index (χ0n) is 15.1. The smallest absolute Gasteiger partial charge is 0.322 e. The second-order valence-corrected chi connectivity index (χ2v) is 6.14.